The van der Waals surface area contributed by atoms with E-state index in [0.29, 0.717) is 15.2 Å². The molecule has 0 bridgehead atoms. The maximum Gasteiger partial charge on any atom is 0.142 e. The molecule has 1 aliphatic carbocycles. The molecule has 3 aliphatic rings. The molecule has 1 N–H and O–H groups in total. The Morgan fingerprint density at radius 2 is 2.10 bits per heavy atom. The third kappa shape index (κ3) is 0.532. The van der Waals surface area contributed by atoms with Gasteiger partial charge >= 0.3 is 0 Å². The van der Waals surface area contributed by atoms with Crippen LogP contribution in [0, 0.1) is 0 Å². The third-order valence-corrected chi connectivity index (χ3v) is 5.71. The first-order valence-corrected chi connectivity index (χ1v) is 5.18. The maximum absolute atomic E-state index is 9.62. The van der Waals surface area contributed by atoms with Gasteiger partial charge in [-0.15, -0.1) is 23.5 Å². The van der Waals surface area contributed by atoms with Crippen LogP contribution in [-0.2, 0) is 0 Å². The summed E-state index contributed by atoms with van der Waals surface area (Å²) in [5.41, 5.74) is 0. The van der Waals surface area contributed by atoms with Gasteiger partial charge < -0.3 is 5.11 Å². The molecule has 0 aromatic carbocycles. The number of hydrogen-bond acceptors (Lipinski definition) is 3. The summed E-state index contributed by atoms with van der Waals surface area (Å²) in [5.74, 6) is 0. The molecular weight excluding hydrogens is 164 g/mol. The van der Waals surface area contributed by atoms with E-state index in [2.05, 4.69) is 13.0 Å². The van der Waals surface area contributed by atoms with Gasteiger partial charge in [-0.1, -0.05) is 6.08 Å². The molecule has 0 aromatic rings. The van der Waals surface area contributed by atoms with Gasteiger partial charge in [0.05, 0.1) is 5.25 Å². The second-order valence-corrected chi connectivity index (χ2v) is 6.37. The van der Waals surface area contributed by atoms with Crippen LogP contribution < -0.4 is 0 Å². The lowest BCUT2D eigenvalue weighted by Gasteiger charge is -2.09. The topological polar surface area (TPSA) is 20.2 Å². The SMILES string of the molecule is CC12C=CC3(O)SC3C1S2. The Morgan fingerprint density at radius 1 is 1.30 bits per heavy atom. The summed E-state index contributed by atoms with van der Waals surface area (Å²) in [4.78, 5) is -0.451. The fraction of sp³-hybridized carbons (Fsp3) is 0.714. The van der Waals surface area contributed by atoms with Gasteiger partial charge in [0.15, 0.2) is 0 Å². The van der Waals surface area contributed by atoms with Crippen molar-refractivity contribution in [3.8, 4) is 0 Å². The van der Waals surface area contributed by atoms with Crippen molar-refractivity contribution >= 4 is 23.5 Å². The lowest BCUT2D eigenvalue weighted by molar-refractivity contribution is 0.215. The van der Waals surface area contributed by atoms with Crippen molar-refractivity contribution in [3.63, 3.8) is 0 Å². The summed E-state index contributed by atoms with van der Waals surface area (Å²) in [6.45, 7) is 2.25. The second-order valence-electron chi connectivity index (χ2n) is 3.35. The van der Waals surface area contributed by atoms with E-state index < -0.39 is 4.93 Å². The predicted octanol–water partition coefficient (Wildman–Crippen LogP) is 1.23. The van der Waals surface area contributed by atoms with Gasteiger partial charge in [-0.3, -0.25) is 0 Å². The van der Waals surface area contributed by atoms with Gasteiger partial charge in [-0.25, -0.2) is 0 Å². The molecule has 54 valence electrons. The van der Waals surface area contributed by atoms with Crippen molar-refractivity contribution in [1.29, 1.82) is 0 Å². The van der Waals surface area contributed by atoms with Crippen molar-refractivity contribution in [3.05, 3.63) is 12.2 Å². The normalized spacial score (nSPS) is 68.6. The van der Waals surface area contributed by atoms with Gasteiger partial charge in [0.2, 0.25) is 0 Å². The molecule has 2 aliphatic heterocycles. The van der Waals surface area contributed by atoms with E-state index in [0.717, 1.165) is 0 Å². The quantitative estimate of drug-likeness (QED) is 0.438. The first-order valence-electron chi connectivity index (χ1n) is 3.42. The third-order valence-electron chi connectivity index (χ3n) is 2.48. The van der Waals surface area contributed by atoms with Crippen molar-refractivity contribution in [2.75, 3.05) is 0 Å². The molecule has 0 spiro atoms. The number of aliphatic hydroxyl groups is 1. The molecule has 0 aromatic heterocycles. The van der Waals surface area contributed by atoms with E-state index >= 15 is 0 Å². The van der Waals surface area contributed by atoms with Crippen molar-refractivity contribution in [2.45, 2.75) is 27.1 Å². The summed E-state index contributed by atoms with van der Waals surface area (Å²) < 4.78 is 0.389. The zero-order valence-corrected chi connectivity index (χ0v) is 7.21. The summed E-state index contributed by atoms with van der Waals surface area (Å²) in [5, 5.41) is 10.8. The predicted molar refractivity (Wildman–Crippen MR) is 45.3 cm³/mol. The highest BCUT2D eigenvalue weighted by Crippen LogP contribution is 2.72. The van der Waals surface area contributed by atoms with E-state index in [4.69, 9.17) is 0 Å². The maximum atomic E-state index is 9.62. The van der Waals surface area contributed by atoms with E-state index in [1.165, 1.54) is 0 Å². The van der Waals surface area contributed by atoms with Gasteiger partial charge in [0, 0.05) is 10.00 Å². The van der Waals surface area contributed by atoms with Crippen LogP contribution in [0.4, 0.5) is 0 Å². The molecule has 3 rings (SSSR count). The van der Waals surface area contributed by atoms with Crippen molar-refractivity contribution in [1.82, 2.24) is 0 Å². The lowest BCUT2D eigenvalue weighted by atomic mass is 9.96. The highest BCUT2D eigenvalue weighted by atomic mass is 32.2. The van der Waals surface area contributed by atoms with E-state index in [-0.39, 0.29) is 0 Å². The smallest absolute Gasteiger partial charge is 0.142 e. The largest absolute Gasteiger partial charge is 0.375 e. The minimum Gasteiger partial charge on any atom is -0.375 e. The van der Waals surface area contributed by atoms with E-state index in [1.807, 2.05) is 17.8 Å². The Hall–Kier alpha value is 0.400. The Labute approximate surface area is 68.3 Å². The van der Waals surface area contributed by atoms with Gasteiger partial charge in [-0.05, 0) is 13.0 Å². The fourth-order valence-corrected chi connectivity index (χ4v) is 4.39. The second kappa shape index (κ2) is 1.32. The average Bonchev–Trinajstić information content (AvgIpc) is 2.65. The van der Waals surface area contributed by atoms with Crippen LogP contribution in [0.3, 0.4) is 0 Å². The summed E-state index contributed by atoms with van der Waals surface area (Å²) in [7, 11) is 0. The summed E-state index contributed by atoms with van der Waals surface area (Å²) in [6.07, 6.45) is 4.14. The molecule has 3 heteroatoms. The first-order chi connectivity index (χ1) is 4.64. The van der Waals surface area contributed by atoms with Gasteiger partial charge in [-0.2, -0.15) is 0 Å². The van der Waals surface area contributed by atoms with Gasteiger partial charge in [0.1, 0.15) is 4.93 Å². The van der Waals surface area contributed by atoms with Crippen LogP contribution in [0.5, 0.6) is 0 Å². The highest BCUT2D eigenvalue weighted by molar-refractivity contribution is 8.14. The molecule has 2 heterocycles. The minimum atomic E-state index is -0.451. The molecule has 10 heavy (non-hydrogen) atoms. The Bertz CT molecular complexity index is 216. The van der Waals surface area contributed by atoms with Crippen LogP contribution in [0.2, 0.25) is 0 Å². The van der Waals surface area contributed by atoms with Crippen molar-refractivity contribution < 1.29 is 5.11 Å². The molecule has 0 radical (unpaired) electrons. The highest BCUT2D eigenvalue weighted by Gasteiger charge is 2.70. The molecule has 2 saturated heterocycles. The van der Waals surface area contributed by atoms with Gasteiger partial charge in [0.25, 0.3) is 0 Å². The molecule has 2 fully saturated rings. The number of hydrogen-bond donors (Lipinski definition) is 1. The number of rotatable bonds is 0. The molecule has 0 amide bonds. The van der Waals surface area contributed by atoms with E-state index in [9.17, 15) is 5.11 Å². The lowest BCUT2D eigenvalue weighted by Crippen LogP contribution is -2.24. The van der Waals surface area contributed by atoms with Crippen LogP contribution >= 0.6 is 23.5 Å². The number of fused-ring (bicyclic) bond motifs is 3. The molecule has 4 unspecified atom stereocenters. The minimum absolute atomic E-state index is 0.389. The Balaban J connectivity index is 2.04. The molecule has 1 nitrogen and oxygen atoms in total. The monoisotopic (exact) mass is 172 g/mol. The van der Waals surface area contributed by atoms with Crippen LogP contribution in [0.1, 0.15) is 6.92 Å². The summed E-state index contributed by atoms with van der Waals surface area (Å²) >= 11 is 3.68. The average molecular weight is 172 g/mol. The fourth-order valence-electron chi connectivity index (χ4n) is 1.60. The molecule has 0 saturated carbocycles. The van der Waals surface area contributed by atoms with Crippen LogP contribution in [-0.4, -0.2) is 25.3 Å². The van der Waals surface area contributed by atoms with Crippen LogP contribution in [0.15, 0.2) is 12.2 Å². The number of thioether (sulfide) groups is 2. The Morgan fingerprint density at radius 3 is 2.80 bits per heavy atom. The standard InChI is InChI=1S/C7H8OS2/c1-6-2-3-7(8)5(10-7)4(6)9-6/h2-5,8H,1H3. The zero-order valence-electron chi connectivity index (χ0n) is 5.57. The zero-order chi connectivity index (χ0) is 6.98. The molecule has 4 atom stereocenters. The Kier molecular flexibility index (Phi) is 0.790. The molecular formula is C7H8OS2. The van der Waals surface area contributed by atoms with Crippen LogP contribution in [0.25, 0.3) is 0 Å². The summed E-state index contributed by atoms with van der Waals surface area (Å²) in [6, 6.07) is 0. The first kappa shape index (κ1) is 5.98. The van der Waals surface area contributed by atoms with E-state index in [1.54, 1.807) is 11.8 Å². The van der Waals surface area contributed by atoms with Crippen molar-refractivity contribution in [2.24, 2.45) is 0 Å².